The van der Waals surface area contributed by atoms with E-state index in [1.807, 2.05) is 6.07 Å². The molecule has 0 aliphatic carbocycles. The average molecular weight is 248 g/mol. The highest BCUT2D eigenvalue weighted by molar-refractivity contribution is 7.10. The van der Waals surface area contributed by atoms with Crippen molar-refractivity contribution in [2.45, 2.75) is 6.92 Å². The van der Waals surface area contributed by atoms with Gasteiger partial charge < -0.3 is 4.74 Å². The smallest absolute Gasteiger partial charge is 0.194 e. The molecule has 0 saturated carbocycles. The van der Waals surface area contributed by atoms with Crippen LogP contribution < -0.4 is 4.74 Å². The van der Waals surface area contributed by atoms with Crippen molar-refractivity contribution >= 4 is 11.3 Å². The molecular weight excluding hydrogens is 239 g/mol. The maximum absolute atomic E-state index is 13.6. The SMILES string of the molecule is CCOc1ccc(-c2csc(C#N)n2)cc1F. The van der Waals surface area contributed by atoms with Crippen LogP contribution in [-0.4, -0.2) is 11.6 Å². The van der Waals surface area contributed by atoms with Gasteiger partial charge in [-0.05, 0) is 25.1 Å². The number of nitriles is 1. The summed E-state index contributed by atoms with van der Waals surface area (Å²) in [6, 6.07) is 6.61. The molecule has 5 heteroatoms. The van der Waals surface area contributed by atoms with Gasteiger partial charge in [-0.3, -0.25) is 0 Å². The molecule has 0 radical (unpaired) electrons. The monoisotopic (exact) mass is 248 g/mol. The molecular formula is C12H9FN2OS. The van der Waals surface area contributed by atoms with Crippen molar-refractivity contribution in [2.75, 3.05) is 6.61 Å². The van der Waals surface area contributed by atoms with Crippen LogP contribution in [0.4, 0.5) is 4.39 Å². The van der Waals surface area contributed by atoms with E-state index >= 15 is 0 Å². The molecule has 2 aromatic rings. The fraction of sp³-hybridized carbons (Fsp3) is 0.167. The van der Waals surface area contributed by atoms with Gasteiger partial charge in [0.2, 0.25) is 0 Å². The predicted molar refractivity (Wildman–Crippen MR) is 63.4 cm³/mol. The first-order chi connectivity index (χ1) is 8.24. The molecule has 0 bridgehead atoms. The number of nitrogens with zero attached hydrogens (tertiary/aromatic N) is 2. The molecule has 0 atom stereocenters. The Balaban J connectivity index is 2.34. The Morgan fingerprint density at radius 2 is 2.35 bits per heavy atom. The maximum atomic E-state index is 13.6. The van der Waals surface area contributed by atoms with E-state index in [4.69, 9.17) is 10.00 Å². The lowest BCUT2D eigenvalue weighted by Crippen LogP contribution is -1.94. The fourth-order valence-electron chi connectivity index (χ4n) is 1.39. The van der Waals surface area contributed by atoms with Crippen LogP contribution in [0.5, 0.6) is 5.75 Å². The lowest BCUT2D eigenvalue weighted by molar-refractivity contribution is 0.321. The molecule has 17 heavy (non-hydrogen) atoms. The van der Waals surface area contributed by atoms with Crippen molar-refractivity contribution in [3.8, 4) is 23.1 Å². The van der Waals surface area contributed by atoms with Gasteiger partial charge in [-0.2, -0.15) is 5.26 Å². The van der Waals surface area contributed by atoms with E-state index < -0.39 is 5.82 Å². The number of aromatic nitrogens is 1. The Morgan fingerprint density at radius 3 is 2.94 bits per heavy atom. The first kappa shape index (κ1) is 11.6. The number of benzene rings is 1. The van der Waals surface area contributed by atoms with Crippen LogP contribution in [0.1, 0.15) is 11.9 Å². The minimum absolute atomic E-state index is 0.229. The Kier molecular flexibility index (Phi) is 3.35. The van der Waals surface area contributed by atoms with Crippen molar-refractivity contribution in [3.05, 3.63) is 34.4 Å². The molecule has 0 fully saturated rings. The number of hydrogen-bond donors (Lipinski definition) is 0. The van der Waals surface area contributed by atoms with Crippen LogP contribution in [-0.2, 0) is 0 Å². The third-order valence-corrected chi connectivity index (χ3v) is 2.87. The van der Waals surface area contributed by atoms with Gasteiger partial charge in [0.25, 0.3) is 0 Å². The predicted octanol–water partition coefficient (Wildman–Crippen LogP) is 3.22. The molecule has 2 rings (SSSR count). The summed E-state index contributed by atoms with van der Waals surface area (Å²) in [7, 11) is 0. The van der Waals surface area contributed by atoms with Crippen LogP contribution in [0.15, 0.2) is 23.6 Å². The minimum atomic E-state index is -0.421. The second kappa shape index (κ2) is 4.93. The number of halogens is 1. The number of rotatable bonds is 3. The normalized spacial score (nSPS) is 9.94. The zero-order valence-electron chi connectivity index (χ0n) is 9.11. The lowest BCUT2D eigenvalue weighted by Gasteiger charge is -2.05. The summed E-state index contributed by atoms with van der Waals surface area (Å²) in [5.41, 5.74) is 1.25. The molecule has 0 amide bonds. The topological polar surface area (TPSA) is 45.9 Å². The Hall–Kier alpha value is -1.93. The van der Waals surface area contributed by atoms with Gasteiger partial charge in [0.05, 0.1) is 12.3 Å². The Morgan fingerprint density at radius 1 is 1.53 bits per heavy atom. The van der Waals surface area contributed by atoms with Gasteiger partial charge in [-0.25, -0.2) is 9.37 Å². The molecule has 0 unspecified atom stereocenters. The molecule has 0 spiro atoms. The molecule has 1 heterocycles. The summed E-state index contributed by atoms with van der Waals surface area (Å²) >= 11 is 1.24. The third kappa shape index (κ3) is 2.43. The molecule has 1 aromatic heterocycles. The molecule has 0 aliphatic heterocycles. The van der Waals surface area contributed by atoms with Crippen molar-refractivity contribution < 1.29 is 9.13 Å². The maximum Gasteiger partial charge on any atom is 0.194 e. The molecule has 0 aliphatic rings. The van der Waals surface area contributed by atoms with Gasteiger partial charge in [0.15, 0.2) is 16.6 Å². The summed E-state index contributed by atoms with van der Waals surface area (Å²) in [4.78, 5) is 4.07. The highest BCUT2D eigenvalue weighted by Gasteiger charge is 2.08. The molecule has 0 saturated heterocycles. The third-order valence-electron chi connectivity index (χ3n) is 2.13. The summed E-state index contributed by atoms with van der Waals surface area (Å²) in [5.74, 6) is -0.192. The molecule has 1 aromatic carbocycles. The van der Waals surface area contributed by atoms with E-state index in [2.05, 4.69) is 4.98 Å². The molecule has 0 N–H and O–H groups in total. The quantitative estimate of drug-likeness (QED) is 0.837. The highest BCUT2D eigenvalue weighted by Crippen LogP contribution is 2.26. The van der Waals surface area contributed by atoms with Gasteiger partial charge in [-0.15, -0.1) is 11.3 Å². The molecule has 3 nitrogen and oxygen atoms in total. The van der Waals surface area contributed by atoms with Gasteiger partial charge in [0.1, 0.15) is 6.07 Å². The summed E-state index contributed by atoms with van der Waals surface area (Å²) in [6.07, 6.45) is 0. The average Bonchev–Trinajstić information content (AvgIpc) is 2.80. The van der Waals surface area contributed by atoms with Gasteiger partial charge in [-0.1, -0.05) is 0 Å². The number of ether oxygens (including phenoxy) is 1. The Labute approximate surface area is 102 Å². The van der Waals surface area contributed by atoms with E-state index in [1.54, 1.807) is 24.4 Å². The van der Waals surface area contributed by atoms with Crippen molar-refractivity contribution in [1.82, 2.24) is 4.98 Å². The summed E-state index contributed by atoms with van der Waals surface area (Å²) < 4.78 is 18.7. The van der Waals surface area contributed by atoms with Crippen LogP contribution in [0.3, 0.4) is 0 Å². The lowest BCUT2D eigenvalue weighted by atomic mass is 10.1. The first-order valence-corrected chi connectivity index (χ1v) is 5.91. The van der Waals surface area contributed by atoms with E-state index in [0.717, 1.165) is 0 Å². The highest BCUT2D eigenvalue weighted by atomic mass is 32.1. The standard InChI is InChI=1S/C12H9FN2OS/c1-2-16-11-4-3-8(5-9(11)13)10-7-17-12(6-14)15-10/h3-5,7H,2H2,1H3. The second-order valence-corrected chi connectivity index (χ2v) is 4.09. The zero-order valence-corrected chi connectivity index (χ0v) is 9.92. The van der Waals surface area contributed by atoms with E-state index in [1.165, 1.54) is 17.4 Å². The minimum Gasteiger partial charge on any atom is -0.491 e. The Bertz CT molecular complexity index is 574. The van der Waals surface area contributed by atoms with E-state index in [9.17, 15) is 4.39 Å². The second-order valence-electron chi connectivity index (χ2n) is 3.23. The van der Waals surface area contributed by atoms with Crippen LogP contribution in [0.25, 0.3) is 11.3 Å². The summed E-state index contributed by atoms with van der Waals surface area (Å²) in [6.45, 7) is 2.22. The largest absolute Gasteiger partial charge is 0.491 e. The van der Waals surface area contributed by atoms with Crippen LogP contribution >= 0.6 is 11.3 Å². The van der Waals surface area contributed by atoms with Gasteiger partial charge in [0, 0.05) is 10.9 Å². The fourth-order valence-corrected chi connectivity index (χ4v) is 2.01. The van der Waals surface area contributed by atoms with Gasteiger partial charge >= 0.3 is 0 Å². The van der Waals surface area contributed by atoms with Crippen molar-refractivity contribution in [1.29, 1.82) is 5.26 Å². The van der Waals surface area contributed by atoms with Crippen LogP contribution in [0.2, 0.25) is 0 Å². The number of hydrogen-bond acceptors (Lipinski definition) is 4. The van der Waals surface area contributed by atoms with E-state index in [0.29, 0.717) is 22.9 Å². The van der Waals surface area contributed by atoms with Crippen molar-refractivity contribution in [3.63, 3.8) is 0 Å². The van der Waals surface area contributed by atoms with Crippen LogP contribution in [0, 0.1) is 17.1 Å². The van der Waals surface area contributed by atoms with Crippen molar-refractivity contribution in [2.24, 2.45) is 0 Å². The number of thiazole rings is 1. The zero-order chi connectivity index (χ0) is 12.3. The van der Waals surface area contributed by atoms with E-state index in [-0.39, 0.29) is 5.75 Å². The first-order valence-electron chi connectivity index (χ1n) is 5.03. The summed E-state index contributed by atoms with van der Waals surface area (Å²) in [5, 5.41) is 10.8. The molecule has 86 valence electrons.